The van der Waals surface area contributed by atoms with Crippen LogP contribution in [-0.2, 0) is 6.18 Å². The lowest BCUT2D eigenvalue weighted by Crippen LogP contribution is -2.14. The number of rotatable bonds is 2. The van der Waals surface area contributed by atoms with Crippen molar-refractivity contribution in [2.45, 2.75) is 32.5 Å². The van der Waals surface area contributed by atoms with E-state index in [1.165, 1.54) is 6.20 Å². The van der Waals surface area contributed by atoms with Gasteiger partial charge >= 0.3 is 6.18 Å². The van der Waals surface area contributed by atoms with Crippen LogP contribution in [0.3, 0.4) is 0 Å². The van der Waals surface area contributed by atoms with Gasteiger partial charge in [0.2, 0.25) is 0 Å². The largest absolute Gasteiger partial charge is 0.433 e. The number of aryl methyl sites for hydroxylation is 1. The molecular formula is C10H14ClF3N2. The standard InChI is InChI=1S/C10H13F3N2.ClH/c1-3-8(14)7-5-15-9(4-6(7)2)10(11,12)13;/h4-5,8H,3,14H2,1-2H3;1H/t8-;/m1./s1. The molecular weight excluding hydrogens is 241 g/mol. The zero-order chi connectivity index (χ0) is 11.6. The first kappa shape index (κ1) is 15.2. The molecule has 2 N–H and O–H groups in total. The van der Waals surface area contributed by atoms with Gasteiger partial charge in [-0.1, -0.05) is 6.92 Å². The van der Waals surface area contributed by atoms with Crippen molar-refractivity contribution in [1.82, 2.24) is 4.98 Å². The second kappa shape index (κ2) is 5.50. The molecule has 1 atom stereocenters. The van der Waals surface area contributed by atoms with Gasteiger partial charge in [-0.2, -0.15) is 13.2 Å². The molecule has 0 fully saturated rings. The average molecular weight is 255 g/mol. The molecule has 2 nitrogen and oxygen atoms in total. The number of pyridine rings is 1. The Bertz CT molecular complexity index is 352. The summed E-state index contributed by atoms with van der Waals surface area (Å²) in [5, 5.41) is 0. The highest BCUT2D eigenvalue weighted by atomic mass is 35.5. The summed E-state index contributed by atoms with van der Waals surface area (Å²) in [6.07, 6.45) is -2.50. The zero-order valence-corrected chi connectivity index (χ0v) is 9.82. The summed E-state index contributed by atoms with van der Waals surface area (Å²) >= 11 is 0. The van der Waals surface area contributed by atoms with E-state index >= 15 is 0 Å². The van der Waals surface area contributed by atoms with E-state index in [0.717, 1.165) is 6.07 Å². The number of aromatic nitrogens is 1. The number of halogens is 4. The number of hydrogen-bond donors (Lipinski definition) is 1. The quantitative estimate of drug-likeness (QED) is 0.880. The minimum atomic E-state index is -4.39. The van der Waals surface area contributed by atoms with Gasteiger partial charge in [-0.05, 0) is 30.5 Å². The van der Waals surface area contributed by atoms with Crippen LogP contribution in [0, 0.1) is 6.92 Å². The molecule has 0 spiro atoms. The van der Waals surface area contributed by atoms with Crippen molar-refractivity contribution in [2.75, 3.05) is 0 Å². The number of nitrogens with two attached hydrogens (primary N) is 1. The second-order valence-electron chi connectivity index (χ2n) is 3.44. The third-order valence-corrected chi connectivity index (χ3v) is 2.28. The van der Waals surface area contributed by atoms with Gasteiger partial charge in [-0.15, -0.1) is 12.4 Å². The van der Waals surface area contributed by atoms with Crippen LogP contribution >= 0.6 is 12.4 Å². The summed E-state index contributed by atoms with van der Waals surface area (Å²) in [6.45, 7) is 3.49. The Labute approximate surface area is 98.5 Å². The first-order chi connectivity index (χ1) is 6.86. The SMILES string of the molecule is CC[C@@H](N)c1cnc(C(F)(F)F)cc1C.Cl. The monoisotopic (exact) mass is 254 g/mol. The number of nitrogens with zero attached hydrogens (tertiary/aromatic N) is 1. The molecule has 0 amide bonds. The Kier molecular flexibility index (Phi) is 5.22. The van der Waals surface area contributed by atoms with E-state index in [2.05, 4.69) is 4.98 Å². The highest BCUT2D eigenvalue weighted by molar-refractivity contribution is 5.85. The van der Waals surface area contributed by atoms with Gasteiger partial charge in [-0.25, -0.2) is 0 Å². The normalized spacial score (nSPS) is 13.1. The lowest BCUT2D eigenvalue weighted by molar-refractivity contribution is -0.141. The minimum absolute atomic E-state index is 0. The third-order valence-electron chi connectivity index (χ3n) is 2.28. The van der Waals surface area contributed by atoms with Gasteiger partial charge in [-0.3, -0.25) is 4.98 Å². The fraction of sp³-hybridized carbons (Fsp3) is 0.500. The summed E-state index contributed by atoms with van der Waals surface area (Å²) in [5.74, 6) is 0. The van der Waals surface area contributed by atoms with Crippen LogP contribution in [0.5, 0.6) is 0 Å². The maximum absolute atomic E-state index is 12.3. The zero-order valence-electron chi connectivity index (χ0n) is 9.01. The Morgan fingerprint density at radius 3 is 2.38 bits per heavy atom. The molecule has 0 aliphatic rings. The molecule has 0 bridgehead atoms. The Balaban J connectivity index is 0.00000225. The van der Waals surface area contributed by atoms with Crippen LogP contribution in [0.1, 0.15) is 36.2 Å². The Morgan fingerprint density at radius 2 is 2.00 bits per heavy atom. The van der Waals surface area contributed by atoms with Crippen molar-refractivity contribution < 1.29 is 13.2 Å². The van der Waals surface area contributed by atoms with Crippen LogP contribution < -0.4 is 5.73 Å². The van der Waals surface area contributed by atoms with E-state index in [9.17, 15) is 13.2 Å². The van der Waals surface area contributed by atoms with Gasteiger partial charge in [0.05, 0.1) is 0 Å². The molecule has 16 heavy (non-hydrogen) atoms. The van der Waals surface area contributed by atoms with Crippen molar-refractivity contribution in [3.63, 3.8) is 0 Å². The Hall–Kier alpha value is -0.810. The summed E-state index contributed by atoms with van der Waals surface area (Å²) in [5.41, 5.74) is 6.07. The van der Waals surface area contributed by atoms with Gasteiger partial charge < -0.3 is 5.73 Å². The number of hydrogen-bond acceptors (Lipinski definition) is 2. The molecule has 0 aliphatic heterocycles. The van der Waals surface area contributed by atoms with Gasteiger partial charge in [0.15, 0.2) is 0 Å². The molecule has 0 aliphatic carbocycles. The third kappa shape index (κ3) is 3.35. The molecule has 0 saturated carbocycles. The maximum Gasteiger partial charge on any atom is 0.433 e. The van der Waals surface area contributed by atoms with Gasteiger partial charge in [0.1, 0.15) is 5.69 Å². The predicted octanol–water partition coefficient (Wildman–Crippen LogP) is 3.24. The molecule has 0 unspecified atom stereocenters. The summed E-state index contributed by atoms with van der Waals surface area (Å²) in [6, 6.07) is 0.782. The highest BCUT2D eigenvalue weighted by Gasteiger charge is 2.32. The average Bonchev–Trinajstić information content (AvgIpc) is 2.15. The van der Waals surface area contributed by atoms with E-state index in [1.54, 1.807) is 6.92 Å². The summed E-state index contributed by atoms with van der Waals surface area (Å²) < 4.78 is 36.9. The molecule has 92 valence electrons. The van der Waals surface area contributed by atoms with Crippen molar-refractivity contribution >= 4 is 12.4 Å². The van der Waals surface area contributed by atoms with Crippen molar-refractivity contribution in [3.8, 4) is 0 Å². The van der Waals surface area contributed by atoms with E-state index < -0.39 is 11.9 Å². The van der Waals surface area contributed by atoms with E-state index in [1.807, 2.05) is 6.92 Å². The first-order valence-electron chi connectivity index (χ1n) is 4.65. The predicted molar refractivity (Wildman–Crippen MR) is 58.4 cm³/mol. The first-order valence-corrected chi connectivity index (χ1v) is 4.65. The summed E-state index contributed by atoms with van der Waals surface area (Å²) in [7, 11) is 0. The minimum Gasteiger partial charge on any atom is -0.324 e. The van der Waals surface area contributed by atoms with Crippen LogP contribution in [0.15, 0.2) is 12.3 Å². The molecule has 6 heteroatoms. The van der Waals surface area contributed by atoms with E-state index in [-0.39, 0.29) is 18.4 Å². The molecule has 1 aromatic heterocycles. The van der Waals surface area contributed by atoms with Gasteiger partial charge in [0, 0.05) is 12.2 Å². The van der Waals surface area contributed by atoms with Crippen LogP contribution in [0.4, 0.5) is 13.2 Å². The van der Waals surface area contributed by atoms with Crippen LogP contribution in [-0.4, -0.2) is 4.98 Å². The fourth-order valence-corrected chi connectivity index (χ4v) is 1.33. The van der Waals surface area contributed by atoms with E-state index in [0.29, 0.717) is 17.5 Å². The molecule has 1 heterocycles. The number of alkyl halides is 3. The second-order valence-corrected chi connectivity index (χ2v) is 3.44. The highest BCUT2D eigenvalue weighted by Crippen LogP contribution is 2.29. The summed E-state index contributed by atoms with van der Waals surface area (Å²) in [4.78, 5) is 3.37. The van der Waals surface area contributed by atoms with Gasteiger partial charge in [0.25, 0.3) is 0 Å². The maximum atomic E-state index is 12.3. The topological polar surface area (TPSA) is 38.9 Å². The molecule has 0 radical (unpaired) electrons. The van der Waals surface area contributed by atoms with Crippen LogP contribution in [0.2, 0.25) is 0 Å². The van der Waals surface area contributed by atoms with Crippen molar-refractivity contribution in [2.24, 2.45) is 5.73 Å². The lowest BCUT2D eigenvalue weighted by Gasteiger charge is -2.14. The molecule has 1 aromatic rings. The molecule has 1 rings (SSSR count). The van der Waals surface area contributed by atoms with Crippen LogP contribution in [0.25, 0.3) is 0 Å². The van der Waals surface area contributed by atoms with Crippen molar-refractivity contribution in [1.29, 1.82) is 0 Å². The van der Waals surface area contributed by atoms with E-state index in [4.69, 9.17) is 5.73 Å². The smallest absolute Gasteiger partial charge is 0.324 e. The Morgan fingerprint density at radius 1 is 1.44 bits per heavy atom. The molecule has 0 aromatic carbocycles. The fourth-order valence-electron chi connectivity index (χ4n) is 1.33. The lowest BCUT2D eigenvalue weighted by atomic mass is 10.0. The molecule has 0 saturated heterocycles. The van der Waals surface area contributed by atoms with Crippen molar-refractivity contribution in [3.05, 3.63) is 29.1 Å².